The van der Waals surface area contributed by atoms with Crippen molar-refractivity contribution in [2.75, 3.05) is 23.8 Å². The van der Waals surface area contributed by atoms with E-state index in [2.05, 4.69) is 5.32 Å². The van der Waals surface area contributed by atoms with E-state index < -0.39 is 6.04 Å². The second kappa shape index (κ2) is 5.94. The van der Waals surface area contributed by atoms with Crippen molar-refractivity contribution in [2.24, 2.45) is 5.73 Å². The van der Waals surface area contributed by atoms with Gasteiger partial charge in [-0.2, -0.15) is 0 Å². The van der Waals surface area contributed by atoms with E-state index in [9.17, 15) is 4.79 Å². The Morgan fingerprint density at radius 1 is 1.38 bits per heavy atom. The molecule has 0 aromatic heterocycles. The molecule has 0 radical (unpaired) electrons. The SMILES string of the molecule is CN1C(=O)C(N)CNc2ccccc21.Cl.Cl. The van der Waals surface area contributed by atoms with Crippen LogP contribution in [0.15, 0.2) is 24.3 Å². The first-order chi connectivity index (χ1) is 6.70. The van der Waals surface area contributed by atoms with Crippen LogP contribution in [-0.2, 0) is 4.79 Å². The number of halogens is 2. The zero-order valence-corrected chi connectivity index (χ0v) is 10.5. The number of benzene rings is 1. The van der Waals surface area contributed by atoms with Crippen molar-refractivity contribution in [3.8, 4) is 0 Å². The molecule has 1 aliphatic rings. The van der Waals surface area contributed by atoms with Crippen molar-refractivity contribution in [1.29, 1.82) is 0 Å². The molecule has 0 spiro atoms. The number of hydrogen-bond acceptors (Lipinski definition) is 3. The van der Waals surface area contributed by atoms with Crippen LogP contribution < -0.4 is 16.0 Å². The van der Waals surface area contributed by atoms with E-state index in [-0.39, 0.29) is 30.7 Å². The fourth-order valence-electron chi connectivity index (χ4n) is 1.59. The quantitative estimate of drug-likeness (QED) is 0.741. The van der Waals surface area contributed by atoms with Gasteiger partial charge in [0, 0.05) is 13.6 Å². The Balaban J connectivity index is 0.00000112. The summed E-state index contributed by atoms with van der Waals surface area (Å²) in [7, 11) is 1.74. The number of hydrogen-bond donors (Lipinski definition) is 2. The summed E-state index contributed by atoms with van der Waals surface area (Å²) in [6, 6.07) is 7.21. The number of anilines is 2. The first-order valence-electron chi connectivity index (χ1n) is 4.56. The second-order valence-electron chi connectivity index (χ2n) is 3.40. The summed E-state index contributed by atoms with van der Waals surface area (Å²) in [6.45, 7) is 0.486. The third-order valence-electron chi connectivity index (χ3n) is 2.43. The molecular weight excluding hydrogens is 249 g/mol. The van der Waals surface area contributed by atoms with Crippen LogP contribution in [0.1, 0.15) is 0 Å². The van der Waals surface area contributed by atoms with Gasteiger partial charge in [0.1, 0.15) is 6.04 Å². The number of para-hydroxylation sites is 2. The summed E-state index contributed by atoms with van der Waals surface area (Å²) in [5, 5.41) is 3.15. The summed E-state index contributed by atoms with van der Waals surface area (Å²) < 4.78 is 0. The van der Waals surface area contributed by atoms with Gasteiger partial charge < -0.3 is 16.0 Å². The number of fused-ring (bicyclic) bond motifs is 1. The standard InChI is InChI=1S/C10H13N3O.2ClH/c1-13-9-5-3-2-4-8(9)12-6-7(11)10(13)14;;/h2-5,7,12H,6,11H2,1H3;2*1H. The van der Waals surface area contributed by atoms with Gasteiger partial charge in [-0.1, -0.05) is 12.1 Å². The molecule has 6 heteroatoms. The van der Waals surface area contributed by atoms with Crippen molar-refractivity contribution in [3.05, 3.63) is 24.3 Å². The van der Waals surface area contributed by atoms with E-state index >= 15 is 0 Å². The molecule has 0 aliphatic carbocycles. The van der Waals surface area contributed by atoms with Crippen LogP contribution in [-0.4, -0.2) is 25.5 Å². The molecular formula is C10H15Cl2N3O. The maximum atomic E-state index is 11.7. The number of nitrogens with two attached hydrogens (primary N) is 1. The lowest BCUT2D eigenvalue weighted by Gasteiger charge is -2.18. The van der Waals surface area contributed by atoms with Crippen molar-refractivity contribution in [2.45, 2.75) is 6.04 Å². The van der Waals surface area contributed by atoms with E-state index in [1.54, 1.807) is 11.9 Å². The molecule has 1 aliphatic heterocycles. The second-order valence-corrected chi connectivity index (χ2v) is 3.40. The minimum absolute atomic E-state index is 0. The van der Waals surface area contributed by atoms with Gasteiger partial charge in [0.25, 0.3) is 0 Å². The molecule has 0 fully saturated rings. The highest BCUT2D eigenvalue weighted by Crippen LogP contribution is 2.26. The molecule has 0 bridgehead atoms. The Morgan fingerprint density at radius 2 is 2.00 bits per heavy atom. The molecule has 1 unspecified atom stereocenters. The van der Waals surface area contributed by atoms with Gasteiger partial charge >= 0.3 is 0 Å². The van der Waals surface area contributed by atoms with Crippen LogP contribution in [0, 0.1) is 0 Å². The van der Waals surface area contributed by atoms with Crippen molar-refractivity contribution in [3.63, 3.8) is 0 Å². The van der Waals surface area contributed by atoms with E-state index in [1.165, 1.54) is 0 Å². The van der Waals surface area contributed by atoms with Crippen LogP contribution >= 0.6 is 24.8 Å². The molecule has 90 valence electrons. The van der Waals surface area contributed by atoms with Gasteiger partial charge in [-0.15, -0.1) is 24.8 Å². The molecule has 1 heterocycles. The van der Waals surface area contributed by atoms with Gasteiger partial charge in [-0.25, -0.2) is 0 Å². The lowest BCUT2D eigenvalue weighted by Crippen LogP contribution is -2.43. The first-order valence-corrected chi connectivity index (χ1v) is 4.56. The normalized spacial score (nSPS) is 18.5. The molecule has 16 heavy (non-hydrogen) atoms. The Bertz CT molecular complexity index is 373. The number of carbonyl (C=O) groups is 1. The molecule has 3 N–H and O–H groups in total. The monoisotopic (exact) mass is 263 g/mol. The summed E-state index contributed by atoms with van der Waals surface area (Å²) in [6.07, 6.45) is 0. The van der Waals surface area contributed by atoms with Crippen LogP contribution in [0.4, 0.5) is 11.4 Å². The lowest BCUT2D eigenvalue weighted by molar-refractivity contribution is -0.119. The van der Waals surface area contributed by atoms with Crippen LogP contribution in [0.2, 0.25) is 0 Å². The minimum atomic E-state index is -0.465. The van der Waals surface area contributed by atoms with Crippen molar-refractivity contribution in [1.82, 2.24) is 0 Å². The Hall–Kier alpha value is -0.970. The van der Waals surface area contributed by atoms with Gasteiger partial charge in [-0.05, 0) is 12.1 Å². The van der Waals surface area contributed by atoms with Crippen molar-refractivity contribution < 1.29 is 4.79 Å². The number of likely N-dealkylation sites (N-methyl/N-ethyl adjacent to an activating group) is 1. The minimum Gasteiger partial charge on any atom is -0.381 e. The van der Waals surface area contributed by atoms with E-state index in [0.29, 0.717) is 6.54 Å². The molecule has 0 saturated heterocycles. The molecule has 1 aromatic carbocycles. The average Bonchev–Trinajstić information content (AvgIpc) is 2.32. The van der Waals surface area contributed by atoms with Crippen LogP contribution in [0.5, 0.6) is 0 Å². The highest BCUT2D eigenvalue weighted by Gasteiger charge is 2.24. The highest BCUT2D eigenvalue weighted by atomic mass is 35.5. The maximum absolute atomic E-state index is 11.7. The smallest absolute Gasteiger partial charge is 0.245 e. The summed E-state index contributed by atoms with van der Waals surface area (Å²) in [4.78, 5) is 13.3. The molecule has 2 rings (SSSR count). The zero-order chi connectivity index (χ0) is 10.1. The Kier molecular flexibility index (Phi) is 5.58. The fourth-order valence-corrected chi connectivity index (χ4v) is 1.59. The third kappa shape index (κ3) is 2.58. The molecule has 1 amide bonds. The number of rotatable bonds is 0. The Morgan fingerprint density at radius 3 is 2.69 bits per heavy atom. The van der Waals surface area contributed by atoms with E-state index in [4.69, 9.17) is 5.73 Å². The molecule has 1 atom stereocenters. The summed E-state index contributed by atoms with van der Waals surface area (Å²) in [5.74, 6) is -0.0533. The predicted octanol–water partition coefficient (Wildman–Crippen LogP) is 1.25. The zero-order valence-electron chi connectivity index (χ0n) is 8.84. The topological polar surface area (TPSA) is 58.4 Å². The predicted molar refractivity (Wildman–Crippen MR) is 70.8 cm³/mol. The van der Waals surface area contributed by atoms with Gasteiger partial charge in [0.15, 0.2) is 0 Å². The molecule has 4 nitrogen and oxygen atoms in total. The van der Waals surface area contributed by atoms with E-state index in [0.717, 1.165) is 11.4 Å². The average molecular weight is 264 g/mol. The summed E-state index contributed by atoms with van der Waals surface area (Å²) in [5.41, 5.74) is 7.53. The molecule has 0 saturated carbocycles. The number of nitrogens with zero attached hydrogens (tertiary/aromatic N) is 1. The lowest BCUT2D eigenvalue weighted by atomic mass is 10.2. The van der Waals surface area contributed by atoms with Crippen LogP contribution in [0.3, 0.4) is 0 Å². The van der Waals surface area contributed by atoms with Gasteiger partial charge in [0.2, 0.25) is 5.91 Å². The maximum Gasteiger partial charge on any atom is 0.245 e. The van der Waals surface area contributed by atoms with Crippen molar-refractivity contribution >= 4 is 42.1 Å². The Labute approximate surface area is 107 Å². The number of carbonyl (C=O) groups excluding carboxylic acids is 1. The fraction of sp³-hybridized carbons (Fsp3) is 0.300. The molecule has 1 aromatic rings. The largest absolute Gasteiger partial charge is 0.381 e. The van der Waals surface area contributed by atoms with Gasteiger partial charge in [0.05, 0.1) is 11.4 Å². The third-order valence-corrected chi connectivity index (χ3v) is 2.43. The van der Waals surface area contributed by atoms with E-state index in [1.807, 2.05) is 24.3 Å². The summed E-state index contributed by atoms with van der Waals surface area (Å²) >= 11 is 0. The highest BCUT2D eigenvalue weighted by molar-refractivity contribution is 6.01. The van der Waals surface area contributed by atoms with Gasteiger partial charge in [-0.3, -0.25) is 4.79 Å². The first kappa shape index (κ1) is 15.0. The number of amides is 1. The number of nitrogens with one attached hydrogen (secondary N) is 1. The van der Waals surface area contributed by atoms with Crippen LogP contribution in [0.25, 0.3) is 0 Å².